The topological polar surface area (TPSA) is 12.4 Å². The van der Waals surface area contributed by atoms with Crippen LogP contribution in [-0.2, 0) is 0 Å². The highest BCUT2D eigenvalue weighted by Gasteiger charge is 2.00. The highest BCUT2D eigenvalue weighted by molar-refractivity contribution is 5.97. The van der Waals surface area contributed by atoms with Gasteiger partial charge in [0.15, 0.2) is 0 Å². The van der Waals surface area contributed by atoms with Crippen LogP contribution in [0, 0.1) is 5.92 Å². The van der Waals surface area contributed by atoms with Crippen LogP contribution in [0.2, 0.25) is 0 Å². The van der Waals surface area contributed by atoms with Gasteiger partial charge < -0.3 is 0 Å². The Balaban J connectivity index is -0.000000216. The van der Waals surface area contributed by atoms with E-state index in [4.69, 9.17) is 0 Å². The lowest BCUT2D eigenvalue weighted by atomic mass is 10.0. The molecule has 170 valence electrons. The molecule has 0 aromatic rings. The average Bonchev–Trinajstić information content (AvgIpc) is 2.67. The van der Waals surface area contributed by atoms with Crippen LogP contribution < -0.4 is 0 Å². The first-order valence-electron chi connectivity index (χ1n) is 10.4. The Labute approximate surface area is 189 Å². The van der Waals surface area contributed by atoms with E-state index in [0.717, 1.165) is 23.3 Å². The second-order valence-corrected chi connectivity index (χ2v) is 6.97. The van der Waals surface area contributed by atoms with Crippen LogP contribution in [0.1, 0.15) is 76.2 Å². The third-order valence-corrected chi connectivity index (χ3v) is 3.53. The van der Waals surface area contributed by atoms with Crippen LogP contribution >= 0.6 is 0 Å². The summed E-state index contributed by atoms with van der Waals surface area (Å²) in [6.45, 7) is 29.8. The van der Waals surface area contributed by atoms with Crippen LogP contribution in [0.15, 0.2) is 102 Å². The van der Waals surface area contributed by atoms with E-state index in [2.05, 4.69) is 51.6 Å². The summed E-state index contributed by atoms with van der Waals surface area (Å²) in [6, 6.07) is 0. The van der Waals surface area contributed by atoms with Crippen molar-refractivity contribution in [3.8, 4) is 0 Å². The van der Waals surface area contributed by atoms with Gasteiger partial charge in [0.05, 0.1) is 0 Å². The Morgan fingerprint density at radius 3 is 1.77 bits per heavy atom. The zero-order valence-corrected chi connectivity index (χ0v) is 20.5. The zero-order valence-electron chi connectivity index (χ0n) is 20.5. The van der Waals surface area contributed by atoms with E-state index in [1.807, 2.05) is 90.3 Å². The first kappa shape index (κ1) is 35.1. The van der Waals surface area contributed by atoms with Gasteiger partial charge in [-0.05, 0) is 70.6 Å². The van der Waals surface area contributed by atoms with Crippen LogP contribution in [0.25, 0.3) is 0 Å². The highest BCUT2D eigenvalue weighted by atomic mass is 14.7. The van der Waals surface area contributed by atoms with E-state index >= 15 is 0 Å². The molecule has 0 saturated heterocycles. The van der Waals surface area contributed by atoms with E-state index in [0.29, 0.717) is 5.92 Å². The Morgan fingerprint density at radius 2 is 1.47 bits per heavy atom. The van der Waals surface area contributed by atoms with Crippen LogP contribution in [0.3, 0.4) is 0 Å². The predicted molar refractivity (Wildman–Crippen MR) is 145 cm³/mol. The smallest absolute Gasteiger partial charge is 0.0395 e. The monoisotopic (exact) mass is 411 g/mol. The lowest BCUT2D eigenvalue weighted by Gasteiger charge is -2.07. The molecule has 30 heavy (non-hydrogen) atoms. The van der Waals surface area contributed by atoms with Crippen molar-refractivity contribution >= 4 is 5.71 Å². The molecule has 0 aliphatic rings. The minimum absolute atomic E-state index is 0. The summed E-state index contributed by atoms with van der Waals surface area (Å²) in [5, 5.41) is 0. The maximum absolute atomic E-state index is 4.44. The molecule has 0 spiro atoms. The van der Waals surface area contributed by atoms with Gasteiger partial charge >= 0.3 is 0 Å². The van der Waals surface area contributed by atoms with Gasteiger partial charge in [0.1, 0.15) is 0 Å². The number of allylic oxidation sites excluding steroid dienone is 12. The third kappa shape index (κ3) is 25.6. The van der Waals surface area contributed by atoms with Gasteiger partial charge in [-0.3, -0.25) is 4.99 Å². The molecule has 0 aromatic heterocycles. The van der Waals surface area contributed by atoms with Crippen molar-refractivity contribution in [2.24, 2.45) is 10.9 Å². The molecule has 0 bridgehead atoms. The third-order valence-electron chi connectivity index (χ3n) is 3.53. The molecule has 0 aliphatic heterocycles. The lowest BCUT2D eigenvalue weighted by molar-refractivity contribution is 0.824. The van der Waals surface area contributed by atoms with Gasteiger partial charge in [-0.2, -0.15) is 0 Å². The van der Waals surface area contributed by atoms with E-state index in [1.54, 1.807) is 0 Å². The second-order valence-electron chi connectivity index (χ2n) is 6.97. The molecule has 0 aromatic carbocycles. The van der Waals surface area contributed by atoms with Crippen molar-refractivity contribution in [2.45, 2.75) is 76.2 Å². The Kier molecular flexibility index (Phi) is 28.8. The molecule has 0 amide bonds. The molecule has 1 nitrogen and oxygen atoms in total. The number of nitrogens with zero attached hydrogens (tertiary/aromatic N) is 1. The molecule has 1 heteroatoms. The van der Waals surface area contributed by atoms with Crippen molar-refractivity contribution in [3.63, 3.8) is 0 Å². The van der Waals surface area contributed by atoms with Gasteiger partial charge in [-0.25, -0.2) is 0 Å². The predicted octanol–water partition coefficient (Wildman–Crippen LogP) is 10.00. The number of aliphatic imine (C=N–C) groups is 1. The highest BCUT2D eigenvalue weighted by Crippen LogP contribution is 2.17. The van der Waals surface area contributed by atoms with Crippen LogP contribution in [-0.4, -0.2) is 5.71 Å². The quantitative estimate of drug-likeness (QED) is 0.214. The minimum atomic E-state index is 0. The molecule has 0 saturated carbocycles. The number of hydrogen-bond acceptors (Lipinski definition) is 1. The number of hydrogen-bond donors (Lipinski definition) is 0. The fourth-order valence-corrected chi connectivity index (χ4v) is 1.65. The molecule has 0 N–H and O–H groups in total. The van der Waals surface area contributed by atoms with Crippen molar-refractivity contribution in [2.75, 3.05) is 0 Å². The van der Waals surface area contributed by atoms with Crippen molar-refractivity contribution in [1.29, 1.82) is 0 Å². The maximum Gasteiger partial charge on any atom is 0.0395 e. The Hall–Kier alpha value is -2.41. The van der Waals surface area contributed by atoms with Gasteiger partial charge in [0.2, 0.25) is 0 Å². The summed E-state index contributed by atoms with van der Waals surface area (Å²) in [6.07, 6.45) is 18.9. The Bertz CT molecular complexity index is 640. The molecule has 0 unspecified atom stereocenters. The average molecular weight is 412 g/mol. The van der Waals surface area contributed by atoms with Gasteiger partial charge in [0, 0.05) is 11.9 Å². The zero-order chi connectivity index (χ0) is 23.2. The lowest BCUT2D eigenvalue weighted by Crippen LogP contribution is -1.92. The van der Waals surface area contributed by atoms with E-state index in [-0.39, 0.29) is 7.43 Å². The van der Waals surface area contributed by atoms with Crippen molar-refractivity contribution in [1.82, 2.24) is 0 Å². The molecular formula is C29H49N. The normalized spacial score (nSPS) is 12.3. The standard InChI is InChI=1S/C16H25N.C8H12.C4H8.CH4/c1-8-15(10-12(3)4)16(9-2)11-17-14(7)13(5)6;1-4-5-6-7-8(2)3;1-3-4-2;/h8,10-12H,1,5,9H2,2-4,6-7H3;4-7H,2H2,1,3H3;3-4H,1-2H3;1H4/b15-10+,16-11+,17-14?;5-4-,7-6-;4-3-;. The molecule has 0 atom stereocenters. The molecule has 0 heterocycles. The SMILES string of the molecule is C.C/C=C\C.C=C(C)/C=C\C=C/C.C=CC(=C\C(C)C)/C(=C/N=C(C)C(=C)C)CC. The summed E-state index contributed by atoms with van der Waals surface area (Å²) >= 11 is 0. The summed E-state index contributed by atoms with van der Waals surface area (Å²) in [7, 11) is 0. The first-order valence-corrected chi connectivity index (χ1v) is 10.4. The van der Waals surface area contributed by atoms with E-state index in [1.165, 1.54) is 11.1 Å². The molecule has 0 aliphatic carbocycles. The van der Waals surface area contributed by atoms with Gasteiger partial charge in [-0.1, -0.05) is 102 Å². The maximum atomic E-state index is 4.44. The minimum Gasteiger partial charge on any atom is -0.261 e. The van der Waals surface area contributed by atoms with Crippen molar-refractivity contribution < 1.29 is 0 Å². The number of rotatable bonds is 8. The summed E-state index contributed by atoms with van der Waals surface area (Å²) in [4.78, 5) is 4.44. The summed E-state index contributed by atoms with van der Waals surface area (Å²) < 4.78 is 0. The molecule has 0 fully saturated rings. The molecular weight excluding hydrogens is 362 g/mol. The van der Waals surface area contributed by atoms with E-state index in [9.17, 15) is 0 Å². The fourth-order valence-electron chi connectivity index (χ4n) is 1.65. The largest absolute Gasteiger partial charge is 0.261 e. The summed E-state index contributed by atoms with van der Waals surface area (Å²) in [5.41, 5.74) is 5.46. The second kappa shape index (κ2) is 24.6. The van der Waals surface area contributed by atoms with Gasteiger partial charge in [-0.15, -0.1) is 0 Å². The first-order chi connectivity index (χ1) is 13.6. The molecule has 0 radical (unpaired) electrons. The molecule has 0 rings (SSSR count). The fraction of sp³-hybridized carbons (Fsp3) is 0.414. The van der Waals surface area contributed by atoms with Crippen molar-refractivity contribution in [3.05, 3.63) is 96.8 Å². The van der Waals surface area contributed by atoms with E-state index < -0.39 is 0 Å². The van der Waals surface area contributed by atoms with Crippen LogP contribution in [0.5, 0.6) is 0 Å². The van der Waals surface area contributed by atoms with Gasteiger partial charge in [0.25, 0.3) is 0 Å². The van der Waals surface area contributed by atoms with Crippen LogP contribution in [0.4, 0.5) is 0 Å². The Morgan fingerprint density at radius 1 is 0.933 bits per heavy atom. The summed E-state index contributed by atoms with van der Waals surface area (Å²) in [5.74, 6) is 0.518.